The molecule has 0 aliphatic rings. The first-order chi connectivity index (χ1) is 20.2. The van der Waals surface area contributed by atoms with E-state index in [2.05, 4.69) is 27.7 Å². The van der Waals surface area contributed by atoms with Gasteiger partial charge in [-0.15, -0.1) is 0 Å². The smallest absolute Gasteiger partial charge is 0.311 e. The first-order valence-electron chi connectivity index (χ1n) is 15.1. The van der Waals surface area contributed by atoms with Gasteiger partial charge in [0.1, 0.15) is 18.2 Å². The van der Waals surface area contributed by atoms with E-state index in [1.165, 1.54) is 6.07 Å². The minimum atomic E-state index is -1.22. The molecule has 0 bridgehead atoms. The van der Waals surface area contributed by atoms with E-state index >= 15 is 4.39 Å². The quantitative estimate of drug-likeness (QED) is 0.167. The molecule has 3 rings (SSSR count). The maximum absolute atomic E-state index is 15.4. The molecule has 0 spiro atoms. The first-order valence-corrected chi connectivity index (χ1v) is 15.1. The molecule has 1 amide bonds. The van der Waals surface area contributed by atoms with Crippen LogP contribution in [0.25, 0.3) is 11.1 Å². The highest BCUT2D eigenvalue weighted by Gasteiger charge is 2.33. The number of aliphatic carboxylic acids is 1. The van der Waals surface area contributed by atoms with Crippen LogP contribution in [0.4, 0.5) is 4.39 Å². The van der Waals surface area contributed by atoms with Gasteiger partial charge in [0.25, 0.3) is 0 Å². The van der Waals surface area contributed by atoms with Crippen molar-refractivity contribution >= 4 is 11.9 Å². The lowest BCUT2D eigenvalue weighted by molar-refractivity contribution is -0.139. The van der Waals surface area contributed by atoms with E-state index in [4.69, 9.17) is 10.5 Å². The SMILES string of the molecule is CCC(CC)(CCC(C(=O)O)c1ccccc1OCc1cc(-c2cccc(CC(N)=O)c2F)cc(C(C)(C)O)c1)C(C)C. The van der Waals surface area contributed by atoms with E-state index in [1.807, 2.05) is 12.1 Å². The number of primary amides is 1. The topological polar surface area (TPSA) is 110 Å². The maximum atomic E-state index is 15.4. The number of hydrogen-bond acceptors (Lipinski definition) is 4. The summed E-state index contributed by atoms with van der Waals surface area (Å²) in [6, 6.07) is 17.3. The highest BCUT2D eigenvalue weighted by molar-refractivity contribution is 5.78. The number of carboxylic acids is 1. The van der Waals surface area contributed by atoms with Gasteiger partial charge in [-0.25, -0.2) is 4.39 Å². The van der Waals surface area contributed by atoms with Crippen LogP contribution in [0.2, 0.25) is 0 Å². The fourth-order valence-electron chi connectivity index (χ4n) is 6.02. The van der Waals surface area contributed by atoms with E-state index < -0.39 is 29.2 Å². The molecule has 0 aliphatic heterocycles. The molecule has 43 heavy (non-hydrogen) atoms. The average molecular weight is 592 g/mol. The monoisotopic (exact) mass is 591 g/mol. The van der Waals surface area contributed by atoms with Gasteiger partial charge in [0, 0.05) is 11.1 Å². The second-order valence-electron chi connectivity index (χ2n) is 12.4. The highest BCUT2D eigenvalue weighted by atomic mass is 19.1. The van der Waals surface area contributed by atoms with Crippen molar-refractivity contribution < 1.29 is 28.9 Å². The van der Waals surface area contributed by atoms with Gasteiger partial charge < -0.3 is 20.7 Å². The van der Waals surface area contributed by atoms with Crippen LogP contribution in [-0.2, 0) is 28.2 Å². The number of rotatable bonds is 15. The average Bonchev–Trinajstić information content (AvgIpc) is 2.95. The molecule has 1 unspecified atom stereocenters. The molecular formula is C36H46FNO5. The van der Waals surface area contributed by atoms with Crippen molar-refractivity contribution in [2.45, 2.75) is 91.8 Å². The third-order valence-corrected chi connectivity index (χ3v) is 9.00. The fourth-order valence-corrected chi connectivity index (χ4v) is 6.02. The number of aliphatic hydroxyl groups is 1. The van der Waals surface area contributed by atoms with Crippen molar-refractivity contribution in [3.8, 4) is 16.9 Å². The van der Waals surface area contributed by atoms with Crippen LogP contribution in [0.1, 0.15) is 95.4 Å². The standard InChI is InChI=1S/C36H46FNO5/c1-7-36(8-2,23(3)4)17-16-30(34(40)41)29-13-9-10-15-31(29)43-22-24-18-26(20-27(19-24)35(5,6)42)28-14-11-12-25(33(28)37)21-32(38)39/h9-15,18-20,23,30,42H,7-8,16-17,21-22H2,1-6H3,(H2,38,39)(H,40,41). The molecule has 4 N–H and O–H groups in total. The van der Waals surface area contributed by atoms with Gasteiger partial charge in [-0.3, -0.25) is 9.59 Å². The first kappa shape index (κ1) is 33.8. The number of benzene rings is 3. The largest absolute Gasteiger partial charge is 0.489 e. The molecule has 0 saturated carbocycles. The lowest BCUT2D eigenvalue weighted by Crippen LogP contribution is -2.27. The summed E-state index contributed by atoms with van der Waals surface area (Å²) in [5, 5.41) is 21.1. The van der Waals surface area contributed by atoms with E-state index in [0.717, 1.165) is 19.3 Å². The fraction of sp³-hybridized carbons (Fsp3) is 0.444. The van der Waals surface area contributed by atoms with Gasteiger partial charge in [-0.2, -0.15) is 0 Å². The Morgan fingerprint density at radius 3 is 2.26 bits per heavy atom. The van der Waals surface area contributed by atoms with Gasteiger partial charge in [-0.1, -0.05) is 76.9 Å². The van der Waals surface area contributed by atoms with Crippen LogP contribution < -0.4 is 10.5 Å². The predicted octanol–water partition coefficient (Wildman–Crippen LogP) is 7.74. The molecule has 6 nitrogen and oxygen atoms in total. The van der Waals surface area contributed by atoms with Crippen molar-refractivity contribution in [2.75, 3.05) is 0 Å². The molecule has 0 aromatic heterocycles. The second-order valence-corrected chi connectivity index (χ2v) is 12.4. The summed E-state index contributed by atoms with van der Waals surface area (Å²) in [5.41, 5.74) is 6.99. The van der Waals surface area contributed by atoms with Gasteiger partial charge in [0.2, 0.25) is 5.91 Å². The van der Waals surface area contributed by atoms with E-state index in [0.29, 0.717) is 40.3 Å². The van der Waals surface area contributed by atoms with Crippen molar-refractivity contribution in [3.05, 3.63) is 88.7 Å². The molecule has 0 heterocycles. The molecule has 0 fully saturated rings. The van der Waals surface area contributed by atoms with E-state index in [1.54, 1.807) is 56.3 Å². The van der Waals surface area contributed by atoms with Crippen LogP contribution >= 0.6 is 0 Å². The highest BCUT2D eigenvalue weighted by Crippen LogP contribution is 2.43. The van der Waals surface area contributed by atoms with Crippen LogP contribution in [0, 0.1) is 17.2 Å². The number of nitrogens with two attached hydrogens (primary N) is 1. The number of ether oxygens (including phenoxy) is 1. The van der Waals surface area contributed by atoms with Crippen molar-refractivity contribution in [3.63, 3.8) is 0 Å². The van der Waals surface area contributed by atoms with Gasteiger partial charge in [0.15, 0.2) is 0 Å². The molecule has 7 heteroatoms. The molecule has 232 valence electrons. The molecule has 0 aliphatic carbocycles. The van der Waals surface area contributed by atoms with Crippen LogP contribution in [-0.4, -0.2) is 22.1 Å². The summed E-state index contributed by atoms with van der Waals surface area (Å²) in [6.07, 6.45) is 3.03. The Labute approximate surface area is 255 Å². The number of halogens is 1. The summed E-state index contributed by atoms with van der Waals surface area (Å²) in [5.74, 6) is -1.89. The second kappa shape index (κ2) is 14.2. The Morgan fingerprint density at radius 2 is 1.67 bits per heavy atom. The van der Waals surface area contributed by atoms with Crippen LogP contribution in [0.15, 0.2) is 60.7 Å². The molecule has 1 atom stereocenters. The van der Waals surface area contributed by atoms with Crippen molar-refractivity contribution in [1.29, 1.82) is 0 Å². The zero-order valence-electron chi connectivity index (χ0n) is 26.2. The lowest BCUT2D eigenvalue weighted by atomic mass is 9.68. The number of hydrogen-bond donors (Lipinski definition) is 3. The van der Waals surface area contributed by atoms with Gasteiger partial charge in [-0.05, 0) is 84.5 Å². The number of carbonyl (C=O) groups excluding carboxylic acids is 1. The third-order valence-electron chi connectivity index (χ3n) is 9.00. The summed E-state index contributed by atoms with van der Waals surface area (Å²) >= 11 is 0. The third kappa shape index (κ3) is 8.23. The van der Waals surface area contributed by atoms with Gasteiger partial charge in [0.05, 0.1) is 17.9 Å². The van der Waals surface area contributed by atoms with Gasteiger partial charge >= 0.3 is 5.97 Å². The number of para-hydroxylation sites is 1. The van der Waals surface area contributed by atoms with Crippen molar-refractivity contribution in [2.24, 2.45) is 17.1 Å². The van der Waals surface area contributed by atoms with Crippen LogP contribution in [0.3, 0.4) is 0 Å². The number of carboxylic acid groups (broad SMARTS) is 1. The molecule has 0 saturated heterocycles. The minimum Gasteiger partial charge on any atom is -0.489 e. The van der Waals surface area contributed by atoms with E-state index in [9.17, 15) is 19.8 Å². The number of carbonyl (C=O) groups is 2. The Bertz CT molecular complexity index is 1420. The summed E-state index contributed by atoms with van der Waals surface area (Å²) in [7, 11) is 0. The zero-order chi connectivity index (χ0) is 31.9. The Kier molecular flexibility index (Phi) is 11.1. The lowest BCUT2D eigenvalue weighted by Gasteiger charge is -2.37. The summed E-state index contributed by atoms with van der Waals surface area (Å²) in [4.78, 5) is 24.0. The summed E-state index contributed by atoms with van der Waals surface area (Å²) in [6.45, 7) is 12.1. The van der Waals surface area contributed by atoms with E-state index in [-0.39, 0.29) is 29.6 Å². The normalized spacial score (nSPS) is 12.8. The minimum absolute atomic E-state index is 0.0709. The Balaban J connectivity index is 1.96. The maximum Gasteiger partial charge on any atom is 0.311 e. The zero-order valence-corrected chi connectivity index (χ0v) is 26.2. The Morgan fingerprint density at radius 1 is 1.00 bits per heavy atom. The predicted molar refractivity (Wildman–Crippen MR) is 168 cm³/mol. The molecule has 3 aromatic carbocycles. The molecular weight excluding hydrogens is 545 g/mol. The number of amides is 1. The molecule has 0 radical (unpaired) electrons. The van der Waals surface area contributed by atoms with Crippen molar-refractivity contribution in [1.82, 2.24) is 0 Å². The Hall–Kier alpha value is -3.71. The van der Waals surface area contributed by atoms with Crippen LogP contribution in [0.5, 0.6) is 5.75 Å². The summed E-state index contributed by atoms with van der Waals surface area (Å²) < 4.78 is 21.7. The molecule has 3 aromatic rings.